The van der Waals surface area contributed by atoms with Gasteiger partial charge < -0.3 is 15.0 Å². The van der Waals surface area contributed by atoms with Crippen LogP contribution in [0.25, 0.3) is 10.4 Å². The zero-order valence-corrected chi connectivity index (χ0v) is 8.83. The second-order valence-electron chi connectivity index (χ2n) is 3.26. The van der Waals surface area contributed by atoms with Crippen molar-refractivity contribution in [2.75, 3.05) is 0 Å². The van der Waals surface area contributed by atoms with Crippen LogP contribution in [0.15, 0.2) is 29.4 Å². The maximum absolute atomic E-state index is 10.5. The summed E-state index contributed by atoms with van der Waals surface area (Å²) >= 11 is 0. The number of benzene rings is 1. The molecule has 0 heterocycles. The average molecular weight is 251 g/mol. The summed E-state index contributed by atoms with van der Waals surface area (Å²) < 4.78 is 0. The Kier molecular flexibility index (Phi) is 4.19. The molecule has 0 aliphatic heterocycles. The summed E-state index contributed by atoms with van der Waals surface area (Å²) in [6, 6.07) is 3.21. The number of rotatable bonds is 5. The van der Waals surface area contributed by atoms with Gasteiger partial charge in [-0.3, -0.25) is 10.1 Å². The fourth-order valence-electron chi connectivity index (χ4n) is 1.29. The van der Waals surface area contributed by atoms with Crippen molar-refractivity contribution in [1.82, 2.24) is 0 Å². The zero-order valence-electron chi connectivity index (χ0n) is 8.83. The van der Waals surface area contributed by atoms with Gasteiger partial charge in [0.25, 0.3) is 5.69 Å². The van der Waals surface area contributed by atoms with E-state index in [1.54, 1.807) is 0 Å². The largest absolute Gasteiger partial charge is 0.547 e. The van der Waals surface area contributed by atoms with E-state index in [2.05, 4.69) is 10.0 Å². The number of aliphatic carboxylic acids is 1. The lowest BCUT2D eigenvalue weighted by molar-refractivity contribution is -0.384. The molecule has 1 N–H and O–H groups in total. The quantitative estimate of drug-likeness (QED) is 0.257. The molecule has 0 aliphatic carbocycles. The molecule has 9 nitrogen and oxygen atoms in total. The van der Waals surface area contributed by atoms with Gasteiger partial charge in [0.15, 0.2) is 0 Å². The minimum absolute atomic E-state index is 0.134. The molecule has 0 fully saturated rings. The van der Waals surface area contributed by atoms with Crippen molar-refractivity contribution in [3.8, 4) is 0 Å². The predicted octanol–water partition coefficient (Wildman–Crippen LogP) is 0.0570. The van der Waals surface area contributed by atoms with Gasteiger partial charge >= 0.3 is 0 Å². The number of carboxylic acids is 1. The predicted molar refractivity (Wildman–Crippen MR) is 56.0 cm³/mol. The first kappa shape index (κ1) is 13.4. The number of nitro groups is 1. The Bertz CT molecular complexity index is 508. The molecule has 2 unspecified atom stereocenters. The van der Waals surface area contributed by atoms with Crippen molar-refractivity contribution in [1.29, 1.82) is 0 Å². The minimum atomic E-state index is -2.03. The fourth-order valence-corrected chi connectivity index (χ4v) is 1.29. The molecule has 0 aromatic heterocycles. The molecule has 18 heavy (non-hydrogen) atoms. The Balaban J connectivity index is 3.10. The van der Waals surface area contributed by atoms with Crippen LogP contribution >= 0.6 is 0 Å². The van der Waals surface area contributed by atoms with Gasteiger partial charge in [-0.15, -0.1) is 0 Å². The van der Waals surface area contributed by atoms with Gasteiger partial charge in [-0.25, -0.2) is 0 Å². The van der Waals surface area contributed by atoms with Crippen LogP contribution in [0.2, 0.25) is 0 Å². The van der Waals surface area contributed by atoms with Crippen LogP contribution in [0.5, 0.6) is 0 Å². The van der Waals surface area contributed by atoms with Gasteiger partial charge in [0, 0.05) is 17.0 Å². The van der Waals surface area contributed by atoms with Crippen LogP contribution in [-0.4, -0.2) is 22.1 Å². The van der Waals surface area contributed by atoms with Crippen LogP contribution in [0.3, 0.4) is 0 Å². The molecular formula is C9H7N4O5-. The Morgan fingerprint density at radius 3 is 2.39 bits per heavy atom. The normalized spacial score (nSPS) is 13.2. The van der Waals surface area contributed by atoms with E-state index in [9.17, 15) is 25.1 Å². The number of aliphatic hydroxyl groups is 1. The molecule has 1 aromatic carbocycles. The molecule has 1 aromatic rings. The lowest BCUT2D eigenvalue weighted by atomic mass is 10.0. The van der Waals surface area contributed by atoms with Crippen molar-refractivity contribution in [3.63, 3.8) is 0 Å². The van der Waals surface area contributed by atoms with E-state index < -0.39 is 23.0 Å². The van der Waals surface area contributed by atoms with Gasteiger partial charge in [-0.05, 0) is 11.1 Å². The van der Waals surface area contributed by atoms with Crippen LogP contribution in [0.1, 0.15) is 11.6 Å². The summed E-state index contributed by atoms with van der Waals surface area (Å²) in [5, 5.41) is 33.3. The van der Waals surface area contributed by atoms with E-state index >= 15 is 0 Å². The maximum Gasteiger partial charge on any atom is 0.269 e. The monoisotopic (exact) mass is 251 g/mol. The van der Waals surface area contributed by atoms with Crippen LogP contribution in [0, 0.1) is 10.1 Å². The Hall–Kier alpha value is -2.64. The molecule has 0 radical (unpaired) electrons. The van der Waals surface area contributed by atoms with Gasteiger partial charge in [0.1, 0.15) is 6.10 Å². The number of carbonyl (C=O) groups is 1. The van der Waals surface area contributed by atoms with Gasteiger partial charge in [-0.2, -0.15) is 0 Å². The summed E-state index contributed by atoms with van der Waals surface area (Å²) in [5.41, 5.74) is 8.22. The van der Waals surface area contributed by atoms with Gasteiger partial charge in [-0.1, -0.05) is 17.2 Å². The van der Waals surface area contributed by atoms with Crippen LogP contribution in [-0.2, 0) is 4.79 Å². The molecule has 0 spiro atoms. The number of hydrogen-bond donors (Lipinski definition) is 1. The second kappa shape index (κ2) is 5.62. The number of aliphatic hydroxyl groups excluding tert-OH is 1. The highest BCUT2D eigenvalue weighted by molar-refractivity contribution is 5.71. The standard InChI is InChI=1S/C9H8N4O5/c10-12-11-7(8(14)9(15)16)5-1-3-6(4-2-5)13(17)18/h1-4,7-8,14H,(H,15,16)/p-1. The van der Waals surface area contributed by atoms with E-state index in [0.717, 1.165) is 12.1 Å². The van der Waals surface area contributed by atoms with Crippen LogP contribution in [0.4, 0.5) is 5.69 Å². The number of non-ortho nitro benzene ring substituents is 1. The third-order valence-electron chi connectivity index (χ3n) is 2.16. The zero-order chi connectivity index (χ0) is 13.7. The SMILES string of the molecule is [N-]=[N+]=NC(c1ccc([N+](=O)[O-])cc1)C(O)C(=O)[O-]. The third-order valence-corrected chi connectivity index (χ3v) is 2.16. The molecule has 0 bridgehead atoms. The van der Waals surface area contributed by atoms with Gasteiger partial charge in [0.2, 0.25) is 0 Å². The first-order valence-electron chi connectivity index (χ1n) is 4.65. The first-order chi connectivity index (χ1) is 8.47. The molecular weight excluding hydrogens is 244 g/mol. The second-order valence-corrected chi connectivity index (χ2v) is 3.26. The van der Waals surface area contributed by atoms with Crippen molar-refractivity contribution in [2.45, 2.75) is 12.1 Å². The van der Waals surface area contributed by atoms with Gasteiger partial charge in [0.05, 0.1) is 16.9 Å². The molecule has 9 heteroatoms. The molecule has 0 aliphatic rings. The molecule has 0 saturated heterocycles. The number of nitro benzene ring substituents is 1. The molecule has 0 amide bonds. The van der Waals surface area contributed by atoms with E-state index in [0.29, 0.717) is 0 Å². The number of azide groups is 1. The molecule has 1 rings (SSSR count). The lowest BCUT2D eigenvalue weighted by Crippen LogP contribution is -2.38. The topological polar surface area (TPSA) is 152 Å². The Morgan fingerprint density at radius 1 is 1.44 bits per heavy atom. The Labute approximate surface area is 100 Å². The van der Waals surface area contributed by atoms with E-state index in [-0.39, 0.29) is 11.3 Å². The molecule has 94 valence electrons. The summed E-state index contributed by atoms with van der Waals surface area (Å²) in [7, 11) is 0. The van der Waals surface area contributed by atoms with E-state index in [1.165, 1.54) is 12.1 Å². The smallest absolute Gasteiger partial charge is 0.269 e. The highest BCUT2D eigenvalue weighted by atomic mass is 16.6. The third kappa shape index (κ3) is 2.94. The number of hydrogen-bond acceptors (Lipinski definition) is 6. The highest BCUT2D eigenvalue weighted by Crippen LogP contribution is 2.24. The minimum Gasteiger partial charge on any atom is -0.547 e. The highest BCUT2D eigenvalue weighted by Gasteiger charge is 2.21. The Morgan fingerprint density at radius 2 is 2.00 bits per heavy atom. The van der Waals surface area contributed by atoms with Crippen molar-refractivity contribution in [3.05, 3.63) is 50.4 Å². The van der Waals surface area contributed by atoms with Crippen molar-refractivity contribution >= 4 is 11.7 Å². The van der Waals surface area contributed by atoms with E-state index in [4.69, 9.17) is 5.53 Å². The number of carbonyl (C=O) groups excluding carboxylic acids is 1. The van der Waals surface area contributed by atoms with E-state index in [1.807, 2.05) is 0 Å². The lowest BCUT2D eigenvalue weighted by Gasteiger charge is -2.19. The maximum atomic E-state index is 10.5. The summed E-state index contributed by atoms with van der Waals surface area (Å²) in [6.45, 7) is 0. The average Bonchev–Trinajstić information content (AvgIpc) is 2.35. The fraction of sp³-hybridized carbons (Fsp3) is 0.222. The summed E-state index contributed by atoms with van der Waals surface area (Å²) in [5.74, 6) is -1.80. The van der Waals surface area contributed by atoms with Crippen molar-refractivity contribution in [2.24, 2.45) is 5.11 Å². The molecule has 0 saturated carbocycles. The number of carboxylic acid groups (broad SMARTS) is 1. The molecule has 2 atom stereocenters. The first-order valence-corrected chi connectivity index (χ1v) is 4.65. The van der Waals surface area contributed by atoms with Crippen LogP contribution < -0.4 is 5.11 Å². The van der Waals surface area contributed by atoms with Crippen molar-refractivity contribution < 1.29 is 19.9 Å². The summed E-state index contributed by atoms with van der Waals surface area (Å²) in [6.07, 6.45) is -2.03. The number of nitrogens with zero attached hydrogens (tertiary/aromatic N) is 4. The summed E-state index contributed by atoms with van der Waals surface area (Å²) in [4.78, 5) is 22.7.